The van der Waals surface area contributed by atoms with Crippen molar-refractivity contribution < 1.29 is 19.0 Å². The number of carbonyl (C=O) groups is 1. The van der Waals surface area contributed by atoms with Crippen molar-refractivity contribution in [2.75, 3.05) is 6.61 Å². The topological polar surface area (TPSA) is 70.3 Å². The van der Waals surface area contributed by atoms with E-state index in [1.165, 1.54) is 12.1 Å². The van der Waals surface area contributed by atoms with Gasteiger partial charge in [0.2, 0.25) is 0 Å². The van der Waals surface area contributed by atoms with Gasteiger partial charge >= 0.3 is 5.97 Å². The lowest BCUT2D eigenvalue weighted by atomic mass is 10.0. The molecule has 0 aliphatic carbocycles. The van der Waals surface area contributed by atoms with Crippen LogP contribution in [0.2, 0.25) is 0 Å². The summed E-state index contributed by atoms with van der Waals surface area (Å²) in [6, 6.07) is 4.51. The minimum absolute atomic E-state index is 0.0672. The summed E-state index contributed by atoms with van der Waals surface area (Å²) >= 11 is 0. The molecule has 0 saturated carbocycles. The normalized spacial score (nSPS) is 9.76. The molecule has 17 heavy (non-hydrogen) atoms. The molecule has 0 aliphatic rings. The summed E-state index contributed by atoms with van der Waals surface area (Å²) in [5, 5.41) is 17.7. The number of hydrogen-bond donors (Lipinski definition) is 1. The van der Waals surface area contributed by atoms with E-state index in [0.717, 1.165) is 0 Å². The smallest absolute Gasteiger partial charge is 0.310 e. The average molecular weight is 237 g/mol. The first-order valence-corrected chi connectivity index (χ1v) is 5.10. The van der Waals surface area contributed by atoms with Gasteiger partial charge in [0.1, 0.15) is 5.82 Å². The molecule has 1 aromatic carbocycles. The van der Waals surface area contributed by atoms with E-state index in [4.69, 9.17) is 15.1 Å². The third-order valence-corrected chi connectivity index (χ3v) is 2.24. The fourth-order valence-corrected chi connectivity index (χ4v) is 1.43. The van der Waals surface area contributed by atoms with Gasteiger partial charge in [-0.3, -0.25) is 4.79 Å². The van der Waals surface area contributed by atoms with Gasteiger partial charge in [-0.15, -0.1) is 0 Å². The molecule has 0 radical (unpaired) electrons. The maximum Gasteiger partial charge on any atom is 0.310 e. The number of rotatable bonds is 4. The minimum Gasteiger partial charge on any atom is -0.466 e. The monoisotopic (exact) mass is 237 g/mol. The summed E-state index contributed by atoms with van der Waals surface area (Å²) in [4.78, 5) is 11.2. The van der Waals surface area contributed by atoms with Crippen LogP contribution < -0.4 is 0 Å². The van der Waals surface area contributed by atoms with E-state index >= 15 is 0 Å². The van der Waals surface area contributed by atoms with Crippen LogP contribution in [0, 0.1) is 17.1 Å². The molecule has 0 bridgehead atoms. The highest BCUT2D eigenvalue weighted by molar-refractivity contribution is 5.72. The van der Waals surface area contributed by atoms with E-state index in [-0.39, 0.29) is 29.7 Å². The number of esters is 1. The number of ether oxygens (including phenoxy) is 1. The number of nitrogens with zero attached hydrogens (tertiary/aromatic N) is 1. The van der Waals surface area contributed by atoms with Gasteiger partial charge in [0.05, 0.1) is 31.3 Å². The lowest BCUT2D eigenvalue weighted by Gasteiger charge is -2.08. The standard InChI is InChI=1S/C12H12FNO3/c1-2-17-11(16)5-8-3-4-9(6-14)10(7-15)12(8)13/h3-4,15H,2,5,7H2,1H3. The first kappa shape index (κ1) is 13.1. The molecule has 0 amide bonds. The Balaban J connectivity index is 3.03. The Morgan fingerprint density at radius 2 is 2.29 bits per heavy atom. The Hall–Kier alpha value is -1.93. The number of benzene rings is 1. The van der Waals surface area contributed by atoms with Gasteiger partial charge in [0.25, 0.3) is 0 Å². The van der Waals surface area contributed by atoms with Gasteiger partial charge in [0.15, 0.2) is 0 Å². The highest BCUT2D eigenvalue weighted by atomic mass is 19.1. The van der Waals surface area contributed by atoms with E-state index < -0.39 is 18.4 Å². The zero-order valence-corrected chi connectivity index (χ0v) is 9.36. The first-order chi connectivity index (χ1) is 8.13. The number of aliphatic hydroxyl groups is 1. The van der Waals surface area contributed by atoms with Crippen LogP contribution in [0.1, 0.15) is 23.6 Å². The molecule has 90 valence electrons. The fraction of sp³-hybridized carbons (Fsp3) is 0.333. The van der Waals surface area contributed by atoms with Gasteiger partial charge < -0.3 is 9.84 Å². The van der Waals surface area contributed by atoms with Crippen molar-refractivity contribution in [1.82, 2.24) is 0 Å². The number of nitriles is 1. The minimum atomic E-state index is -0.723. The number of hydrogen-bond acceptors (Lipinski definition) is 4. The molecule has 0 saturated heterocycles. The number of aliphatic hydroxyl groups excluding tert-OH is 1. The second-order valence-electron chi connectivity index (χ2n) is 3.32. The fourth-order valence-electron chi connectivity index (χ4n) is 1.43. The molecule has 0 fully saturated rings. The van der Waals surface area contributed by atoms with Gasteiger partial charge in [0, 0.05) is 5.56 Å². The molecule has 5 heteroatoms. The van der Waals surface area contributed by atoms with Crippen LogP contribution >= 0.6 is 0 Å². The highest BCUT2D eigenvalue weighted by Gasteiger charge is 2.15. The van der Waals surface area contributed by atoms with Gasteiger partial charge in [-0.05, 0) is 18.6 Å². The Morgan fingerprint density at radius 3 is 2.82 bits per heavy atom. The molecule has 0 aliphatic heterocycles. The Labute approximate surface area is 98.2 Å². The zero-order chi connectivity index (χ0) is 12.8. The Morgan fingerprint density at radius 1 is 1.59 bits per heavy atom. The predicted molar refractivity (Wildman–Crippen MR) is 57.4 cm³/mol. The van der Waals surface area contributed by atoms with Gasteiger partial charge in [-0.1, -0.05) is 6.07 Å². The number of carbonyl (C=O) groups excluding carboxylic acids is 1. The van der Waals surface area contributed by atoms with Crippen molar-refractivity contribution in [1.29, 1.82) is 5.26 Å². The molecular weight excluding hydrogens is 225 g/mol. The predicted octanol–water partition coefficient (Wildman–Crippen LogP) is 1.30. The molecule has 1 N–H and O–H groups in total. The molecule has 1 aromatic rings. The van der Waals surface area contributed by atoms with Gasteiger partial charge in [-0.25, -0.2) is 4.39 Å². The van der Waals surface area contributed by atoms with Crippen LogP contribution in [0.5, 0.6) is 0 Å². The Bertz CT molecular complexity index is 466. The van der Waals surface area contributed by atoms with Crippen molar-refractivity contribution in [3.8, 4) is 6.07 Å². The molecule has 1 rings (SSSR count). The lowest BCUT2D eigenvalue weighted by molar-refractivity contribution is -0.142. The number of halogens is 1. The second-order valence-corrected chi connectivity index (χ2v) is 3.32. The molecule has 0 aromatic heterocycles. The van der Waals surface area contributed by atoms with Crippen molar-refractivity contribution in [3.63, 3.8) is 0 Å². The highest BCUT2D eigenvalue weighted by Crippen LogP contribution is 2.18. The van der Waals surface area contributed by atoms with E-state index in [1.807, 2.05) is 0 Å². The van der Waals surface area contributed by atoms with Crippen LogP contribution in [0.3, 0.4) is 0 Å². The maximum atomic E-state index is 13.8. The summed E-state index contributed by atoms with van der Waals surface area (Å²) < 4.78 is 18.5. The van der Waals surface area contributed by atoms with Crippen LogP contribution in [-0.2, 0) is 22.6 Å². The summed E-state index contributed by atoms with van der Waals surface area (Å²) in [5.74, 6) is -1.26. The molecular formula is C12H12FNO3. The zero-order valence-electron chi connectivity index (χ0n) is 9.36. The summed E-state index contributed by atoms with van der Waals surface area (Å²) in [7, 11) is 0. The van der Waals surface area contributed by atoms with E-state index in [0.29, 0.717) is 0 Å². The lowest BCUT2D eigenvalue weighted by Crippen LogP contribution is -2.10. The molecule has 0 spiro atoms. The molecule has 0 atom stereocenters. The van der Waals surface area contributed by atoms with Crippen molar-refractivity contribution >= 4 is 5.97 Å². The molecule has 4 nitrogen and oxygen atoms in total. The maximum absolute atomic E-state index is 13.8. The van der Waals surface area contributed by atoms with E-state index in [1.54, 1.807) is 13.0 Å². The SMILES string of the molecule is CCOC(=O)Cc1ccc(C#N)c(CO)c1F. The van der Waals surface area contributed by atoms with Crippen molar-refractivity contribution in [3.05, 3.63) is 34.6 Å². The average Bonchev–Trinajstić information content (AvgIpc) is 2.31. The van der Waals surface area contributed by atoms with Crippen LogP contribution in [0.15, 0.2) is 12.1 Å². The second kappa shape index (κ2) is 5.97. The molecule has 0 heterocycles. The largest absolute Gasteiger partial charge is 0.466 e. The molecule has 0 unspecified atom stereocenters. The summed E-state index contributed by atoms with van der Waals surface area (Å²) in [6.45, 7) is 1.31. The van der Waals surface area contributed by atoms with Crippen LogP contribution in [-0.4, -0.2) is 17.7 Å². The van der Waals surface area contributed by atoms with Crippen LogP contribution in [0.25, 0.3) is 0 Å². The quantitative estimate of drug-likeness (QED) is 0.801. The summed E-state index contributed by atoms with van der Waals surface area (Å²) in [6.07, 6.45) is -0.210. The van der Waals surface area contributed by atoms with Gasteiger partial charge in [-0.2, -0.15) is 5.26 Å². The van der Waals surface area contributed by atoms with E-state index in [9.17, 15) is 9.18 Å². The third kappa shape index (κ3) is 3.02. The van der Waals surface area contributed by atoms with Crippen LogP contribution in [0.4, 0.5) is 4.39 Å². The third-order valence-electron chi connectivity index (χ3n) is 2.24. The first-order valence-electron chi connectivity index (χ1n) is 5.10. The van der Waals surface area contributed by atoms with E-state index in [2.05, 4.69) is 0 Å². The van der Waals surface area contributed by atoms with Crippen molar-refractivity contribution in [2.24, 2.45) is 0 Å². The summed E-state index contributed by atoms with van der Waals surface area (Å²) in [5.41, 5.74) is 0.0957. The Kier molecular flexibility index (Phi) is 4.61. The van der Waals surface area contributed by atoms with Crippen molar-refractivity contribution in [2.45, 2.75) is 20.0 Å².